The van der Waals surface area contributed by atoms with E-state index < -0.39 is 16.2 Å². The van der Waals surface area contributed by atoms with Gasteiger partial charge < -0.3 is 10.1 Å². The van der Waals surface area contributed by atoms with Crippen LogP contribution in [0.2, 0.25) is 10.0 Å². The van der Waals surface area contributed by atoms with Gasteiger partial charge in [-0.2, -0.15) is 5.11 Å². The lowest BCUT2D eigenvalue weighted by molar-refractivity contribution is -0.384. The molecule has 0 aliphatic rings. The molecule has 8 nitrogen and oxygen atoms in total. The van der Waals surface area contributed by atoms with Crippen molar-refractivity contribution in [2.24, 2.45) is 10.2 Å². The lowest BCUT2D eigenvalue weighted by atomic mass is 10.2. The van der Waals surface area contributed by atoms with Crippen molar-refractivity contribution in [2.75, 3.05) is 0 Å². The van der Waals surface area contributed by atoms with Gasteiger partial charge in [0.15, 0.2) is 11.4 Å². The summed E-state index contributed by atoms with van der Waals surface area (Å²) in [5.74, 6) is -0.400. The van der Waals surface area contributed by atoms with Crippen LogP contribution in [-0.4, -0.2) is 15.0 Å². The number of nitro groups is 1. The molecular formula is C15H8Cl2N4O4. The van der Waals surface area contributed by atoms with Crippen molar-refractivity contribution in [1.82, 2.24) is 4.98 Å². The molecule has 0 fully saturated rings. The molecule has 2 aromatic carbocycles. The van der Waals surface area contributed by atoms with Crippen LogP contribution >= 0.6 is 23.2 Å². The molecule has 3 rings (SSSR count). The summed E-state index contributed by atoms with van der Waals surface area (Å²) >= 11 is 11.9. The quantitative estimate of drug-likeness (QED) is 0.383. The Morgan fingerprint density at radius 2 is 1.76 bits per heavy atom. The van der Waals surface area contributed by atoms with Gasteiger partial charge in [-0.3, -0.25) is 14.9 Å². The first-order valence-electron chi connectivity index (χ1n) is 6.77. The van der Waals surface area contributed by atoms with Crippen LogP contribution in [0.3, 0.4) is 0 Å². The minimum absolute atomic E-state index is 0.100. The van der Waals surface area contributed by atoms with Crippen molar-refractivity contribution >= 4 is 51.2 Å². The number of aromatic amines is 1. The molecule has 0 aliphatic carbocycles. The van der Waals surface area contributed by atoms with Crippen LogP contribution in [0.5, 0.6) is 5.75 Å². The first kappa shape index (κ1) is 16.9. The van der Waals surface area contributed by atoms with Gasteiger partial charge in [-0.15, -0.1) is 5.11 Å². The monoisotopic (exact) mass is 378 g/mol. The Kier molecular flexibility index (Phi) is 4.39. The van der Waals surface area contributed by atoms with Crippen molar-refractivity contribution < 1.29 is 10.0 Å². The largest absolute Gasteiger partial charge is 0.505 e. The summed E-state index contributed by atoms with van der Waals surface area (Å²) < 4.78 is 0. The van der Waals surface area contributed by atoms with E-state index in [1.807, 2.05) is 0 Å². The molecule has 10 heteroatoms. The summed E-state index contributed by atoms with van der Waals surface area (Å²) in [4.78, 5) is 24.7. The minimum Gasteiger partial charge on any atom is -0.505 e. The van der Waals surface area contributed by atoms with Gasteiger partial charge in [0.25, 0.3) is 11.2 Å². The molecule has 0 aliphatic heterocycles. The summed E-state index contributed by atoms with van der Waals surface area (Å²) in [6.07, 6.45) is 0. The molecule has 126 valence electrons. The summed E-state index contributed by atoms with van der Waals surface area (Å²) in [5.41, 5.74) is -0.662. The van der Waals surface area contributed by atoms with E-state index in [1.165, 1.54) is 36.4 Å². The zero-order chi connectivity index (χ0) is 18.1. The Hall–Kier alpha value is -2.97. The first-order valence-corrected chi connectivity index (χ1v) is 7.53. The predicted octanol–water partition coefficient (Wildman–Crippen LogP) is 4.86. The average molecular weight is 379 g/mol. The molecule has 0 radical (unpaired) electrons. The Bertz CT molecular complexity index is 1080. The Labute approximate surface area is 149 Å². The molecule has 0 saturated carbocycles. The third kappa shape index (κ3) is 3.17. The van der Waals surface area contributed by atoms with Crippen LogP contribution in [0.4, 0.5) is 17.1 Å². The highest BCUT2D eigenvalue weighted by Crippen LogP contribution is 2.37. The van der Waals surface area contributed by atoms with Gasteiger partial charge in [0.05, 0.1) is 26.2 Å². The number of nitro benzene ring substituents is 1. The number of rotatable bonds is 3. The third-order valence-electron chi connectivity index (χ3n) is 3.35. The maximum atomic E-state index is 12.1. The van der Waals surface area contributed by atoms with E-state index in [2.05, 4.69) is 15.2 Å². The molecular weight excluding hydrogens is 371 g/mol. The summed E-state index contributed by atoms with van der Waals surface area (Å²) in [6.45, 7) is 0. The topological polar surface area (TPSA) is 121 Å². The highest BCUT2D eigenvalue weighted by atomic mass is 35.5. The molecule has 0 atom stereocenters. The highest BCUT2D eigenvalue weighted by molar-refractivity contribution is 6.45. The van der Waals surface area contributed by atoms with Gasteiger partial charge in [0, 0.05) is 17.5 Å². The number of halogens is 2. The number of benzene rings is 2. The Morgan fingerprint density at radius 3 is 2.40 bits per heavy atom. The van der Waals surface area contributed by atoms with Crippen molar-refractivity contribution in [3.63, 3.8) is 0 Å². The molecule has 0 unspecified atom stereocenters. The van der Waals surface area contributed by atoms with Crippen LogP contribution in [0.1, 0.15) is 0 Å². The van der Waals surface area contributed by atoms with Crippen molar-refractivity contribution in [1.29, 1.82) is 0 Å². The Balaban J connectivity index is 2.05. The molecule has 2 N–H and O–H groups in total. The van der Waals surface area contributed by atoms with E-state index in [0.717, 1.165) is 0 Å². The van der Waals surface area contributed by atoms with Gasteiger partial charge in [0.1, 0.15) is 0 Å². The maximum Gasteiger partial charge on any atom is 0.280 e. The molecule has 3 aromatic rings. The number of H-pyrrole nitrogens is 1. The van der Waals surface area contributed by atoms with Gasteiger partial charge in [-0.1, -0.05) is 23.2 Å². The van der Waals surface area contributed by atoms with E-state index in [-0.39, 0.29) is 38.0 Å². The first-order chi connectivity index (χ1) is 11.9. The van der Waals surface area contributed by atoms with Crippen LogP contribution in [0.25, 0.3) is 10.9 Å². The second-order valence-electron chi connectivity index (χ2n) is 4.91. The lowest BCUT2D eigenvalue weighted by Gasteiger charge is -2.06. The van der Waals surface area contributed by atoms with Gasteiger partial charge in [-0.25, -0.2) is 0 Å². The number of hydrogen-bond acceptors (Lipinski definition) is 6. The van der Waals surface area contributed by atoms with E-state index in [0.29, 0.717) is 0 Å². The molecule has 1 aromatic heterocycles. The van der Waals surface area contributed by atoms with Gasteiger partial charge in [-0.05, 0) is 24.3 Å². The number of fused-ring (bicyclic) bond motifs is 1. The fourth-order valence-corrected chi connectivity index (χ4v) is 2.49. The number of hydrogen-bond donors (Lipinski definition) is 2. The van der Waals surface area contributed by atoms with Crippen LogP contribution in [0, 0.1) is 10.1 Å². The number of nitrogens with zero attached hydrogens (tertiary/aromatic N) is 3. The van der Waals surface area contributed by atoms with Crippen molar-refractivity contribution in [3.8, 4) is 5.75 Å². The van der Waals surface area contributed by atoms with Crippen molar-refractivity contribution in [2.45, 2.75) is 0 Å². The summed E-state index contributed by atoms with van der Waals surface area (Å²) in [5, 5.41) is 29.0. The SMILES string of the molecule is O=c1[nH]c2c(Cl)c(Cl)ccc2c(O)c1N=Nc1ccc([N+](=O)[O-])cc1. The lowest BCUT2D eigenvalue weighted by Crippen LogP contribution is -2.05. The Morgan fingerprint density at radius 1 is 1.08 bits per heavy atom. The van der Waals surface area contributed by atoms with Crippen molar-refractivity contribution in [3.05, 3.63) is 66.9 Å². The average Bonchev–Trinajstić information content (AvgIpc) is 2.59. The number of nitrogens with one attached hydrogen (secondary N) is 1. The van der Waals surface area contributed by atoms with Crippen LogP contribution in [-0.2, 0) is 0 Å². The molecule has 25 heavy (non-hydrogen) atoms. The van der Waals surface area contributed by atoms with Gasteiger partial charge in [0.2, 0.25) is 0 Å². The predicted molar refractivity (Wildman–Crippen MR) is 93.5 cm³/mol. The fraction of sp³-hybridized carbons (Fsp3) is 0. The number of aromatic hydroxyl groups is 1. The maximum absolute atomic E-state index is 12.1. The summed E-state index contributed by atoms with van der Waals surface area (Å²) in [6, 6.07) is 8.19. The molecule has 0 spiro atoms. The summed E-state index contributed by atoms with van der Waals surface area (Å²) in [7, 11) is 0. The number of non-ortho nitro benzene ring substituents is 1. The van der Waals surface area contributed by atoms with Gasteiger partial charge >= 0.3 is 0 Å². The number of pyridine rings is 1. The molecule has 0 amide bonds. The zero-order valence-electron chi connectivity index (χ0n) is 12.2. The number of azo groups is 1. The molecule has 1 heterocycles. The zero-order valence-corrected chi connectivity index (χ0v) is 13.7. The highest BCUT2D eigenvalue weighted by Gasteiger charge is 2.15. The smallest absolute Gasteiger partial charge is 0.280 e. The third-order valence-corrected chi connectivity index (χ3v) is 4.16. The molecule has 0 saturated heterocycles. The number of aromatic nitrogens is 1. The fourth-order valence-electron chi connectivity index (χ4n) is 2.12. The van der Waals surface area contributed by atoms with Crippen LogP contribution < -0.4 is 5.56 Å². The second-order valence-corrected chi connectivity index (χ2v) is 5.69. The minimum atomic E-state index is -0.708. The van der Waals surface area contributed by atoms with Crippen LogP contribution in [0.15, 0.2) is 51.4 Å². The molecule has 0 bridgehead atoms. The standard InChI is InChI=1S/C15H8Cl2N4O4/c16-10-6-5-9-12(11(10)17)18-15(23)13(14(9)22)20-19-7-1-3-8(4-2-7)21(24)25/h1-6H,(H2,18,22,23). The second kappa shape index (κ2) is 6.50. The van der Waals surface area contributed by atoms with E-state index in [9.17, 15) is 20.0 Å². The van der Waals surface area contributed by atoms with E-state index in [4.69, 9.17) is 23.2 Å². The van der Waals surface area contributed by atoms with E-state index in [1.54, 1.807) is 0 Å². The van der Waals surface area contributed by atoms with E-state index >= 15 is 0 Å². The normalized spacial score (nSPS) is 11.3.